The van der Waals surface area contributed by atoms with E-state index in [9.17, 15) is 14.6 Å². The fourth-order valence-electron chi connectivity index (χ4n) is 2.75. The van der Waals surface area contributed by atoms with Crippen LogP contribution in [0.1, 0.15) is 37.8 Å². The van der Waals surface area contributed by atoms with Gasteiger partial charge in [-0.3, -0.25) is 0 Å². The molecule has 1 aliphatic rings. The molecular formula is C14H20FNO2. The molecule has 1 saturated carbocycles. The first-order valence-electron chi connectivity index (χ1n) is 6.47. The maximum absolute atomic E-state index is 13.7. The Morgan fingerprint density at radius 3 is 2.89 bits per heavy atom. The van der Waals surface area contributed by atoms with Crippen LogP contribution in [0.2, 0.25) is 0 Å². The summed E-state index contributed by atoms with van der Waals surface area (Å²) in [6, 6.07) is 4.35. The van der Waals surface area contributed by atoms with Crippen molar-refractivity contribution in [1.82, 2.24) is 5.32 Å². The average molecular weight is 253 g/mol. The van der Waals surface area contributed by atoms with Gasteiger partial charge in [0, 0.05) is 30.3 Å². The molecule has 1 aromatic carbocycles. The summed E-state index contributed by atoms with van der Waals surface area (Å²) in [5, 5.41) is 21.8. The van der Waals surface area contributed by atoms with Crippen LogP contribution in [0.3, 0.4) is 0 Å². The lowest BCUT2D eigenvalue weighted by atomic mass is 10.0. The summed E-state index contributed by atoms with van der Waals surface area (Å²) in [5.41, 5.74) is 0.552. The molecule has 18 heavy (non-hydrogen) atoms. The summed E-state index contributed by atoms with van der Waals surface area (Å²) in [7, 11) is 0. The Hall–Kier alpha value is -1.13. The van der Waals surface area contributed by atoms with Crippen molar-refractivity contribution >= 4 is 0 Å². The number of nitrogens with one attached hydrogen (secondary N) is 1. The highest BCUT2D eigenvalue weighted by Crippen LogP contribution is 2.28. The molecular weight excluding hydrogens is 233 g/mol. The van der Waals surface area contributed by atoms with Crippen molar-refractivity contribution in [3.05, 3.63) is 29.6 Å². The second-order valence-electron chi connectivity index (χ2n) is 5.07. The zero-order chi connectivity index (χ0) is 13.1. The molecule has 3 nitrogen and oxygen atoms in total. The van der Waals surface area contributed by atoms with Crippen LogP contribution >= 0.6 is 0 Å². The molecule has 100 valence electrons. The number of aromatic hydroxyl groups is 1. The molecule has 0 amide bonds. The lowest BCUT2D eigenvalue weighted by molar-refractivity contribution is 0.200. The topological polar surface area (TPSA) is 52.5 Å². The lowest BCUT2D eigenvalue weighted by Gasteiger charge is -2.24. The van der Waals surface area contributed by atoms with E-state index in [2.05, 4.69) is 5.32 Å². The molecule has 0 bridgehead atoms. The molecule has 1 fully saturated rings. The highest BCUT2D eigenvalue weighted by atomic mass is 19.1. The van der Waals surface area contributed by atoms with Gasteiger partial charge < -0.3 is 15.5 Å². The summed E-state index contributed by atoms with van der Waals surface area (Å²) in [5.74, 6) is -0.182. The smallest absolute Gasteiger partial charge is 0.131 e. The maximum atomic E-state index is 13.7. The molecule has 2 rings (SSSR count). The fraction of sp³-hybridized carbons (Fsp3) is 0.571. The Morgan fingerprint density at radius 2 is 2.22 bits per heavy atom. The van der Waals surface area contributed by atoms with Gasteiger partial charge in [0.15, 0.2) is 0 Å². The molecule has 4 heteroatoms. The highest BCUT2D eigenvalue weighted by molar-refractivity contribution is 5.29. The first kappa shape index (κ1) is 13.3. The van der Waals surface area contributed by atoms with Crippen LogP contribution in [0, 0.1) is 11.7 Å². The lowest BCUT2D eigenvalue weighted by Crippen LogP contribution is -2.36. The predicted octanol–water partition coefficient (Wildman–Crippen LogP) is 2.34. The summed E-state index contributed by atoms with van der Waals surface area (Å²) >= 11 is 0. The van der Waals surface area contributed by atoms with Gasteiger partial charge in [-0.25, -0.2) is 4.39 Å². The second kappa shape index (κ2) is 5.67. The van der Waals surface area contributed by atoms with Crippen LogP contribution in [0.4, 0.5) is 4.39 Å². The highest BCUT2D eigenvalue weighted by Gasteiger charge is 2.28. The van der Waals surface area contributed by atoms with Crippen LogP contribution < -0.4 is 5.32 Å². The van der Waals surface area contributed by atoms with E-state index in [1.807, 2.05) is 6.92 Å². The van der Waals surface area contributed by atoms with Crippen LogP contribution in [-0.2, 0) is 0 Å². The number of hydrogen-bond donors (Lipinski definition) is 3. The number of aliphatic hydroxyl groups excluding tert-OH is 1. The SMILES string of the molecule is CC(NC1CCCC1CO)c1ccc(O)cc1F. The second-order valence-corrected chi connectivity index (χ2v) is 5.07. The maximum Gasteiger partial charge on any atom is 0.131 e. The Morgan fingerprint density at radius 1 is 1.44 bits per heavy atom. The fourth-order valence-corrected chi connectivity index (χ4v) is 2.75. The summed E-state index contributed by atoms with van der Waals surface area (Å²) < 4.78 is 13.7. The van der Waals surface area contributed by atoms with Gasteiger partial charge >= 0.3 is 0 Å². The number of halogens is 1. The number of hydrogen-bond acceptors (Lipinski definition) is 3. The predicted molar refractivity (Wildman–Crippen MR) is 67.8 cm³/mol. The number of benzene rings is 1. The summed E-state index contributed by atoms with van der Waals surface area (Å²) in [4.78, 5) is 0. The van der Waals surface area contributed by atoms with Gasteiger partial charge in [0.2, 0.25) is 0 Å². The molecule has 0 aromatic heterocycles. The Kier molecular flexibility index (Phi) is 4.19. The van der Waals surface area contributed by atoms with Gasteiger partial charge in [-0.2, -0.15) is 0 Å². The van der Waals surface area contributed by atoms with E-state index in [1.165, 1.54) is 6.07 Å². The zero-order valence-corrected chi connectivity index (χ0v) is 10.6. The molecule has 3 unspecified atom stereocenters. The van der Waals surface area contributed by atoms with E-state index in [0.29, 0.717) is 5.56 Å². The normalized spacial score (nSPS) is 25.3. The van der Waals surface area contributed by atoms with Crippen molar-refractivity contribution in [2.24, 2.45) is 5.92 Å². The average Bonchev–Trinajstić information content (AvgIpc) is 2.76. The third kappa shape index (κ3) is 2.82. The third-order valence-electron chi connectivity index (χ3n) is 3.81. The van der Waals surface area contributed by atoms with E-state index in [4.69, 9.17) is 0 Å². The number of aliphatic hydroxyl groups is 1. The van der Waals surface area contributed by atoms with Gasteiger partial charge in [0.1, 0.15) is 11.6 Å². The number of phenolic OH excluding ortho intramolecular Hbond substituents is 1. The Bertz CT molecular complexity index is 411. The molecule has 3 atom stereocenters. The van der Waals surface area contributed by atoms with Crippen molar-refractivity contribution in [1.29, 1.82) is 0 Å². The first-order chi connectivity index (χ1) is 8.61. The van der Waals surface area contributed by atoms with Crippen molar-refractivity contribution in [3.63, 3.8) is 0 Å². The van der Waals surface area contributed by atoms with Gasteiger partial charge in [0.25, 0.3) is 0 Å². The van der Waals surface area contributed by atoms with E-state index in [1.54, 1.807) is 6.07 Å². The largest absolute Gasteiger partial charge is 0.508 e. The first-order valence-corrected chi connectivity index (χ1v) is 6.47. The van der Waals surface area contributed by atoms with Crippen molar-refractivity contribution in [2.45, 2.75) is 38.3 Å². The van der Waals surface area contributed by atoms with Crippen LogP contribution in [0.5, 0.6) is 5.75 Å². The Balaban J connectivity index is 2.05. The molecule has 0 heterocycles. The number of rotatable bonds is 4. The van der Waals surface area contributed by atoms with Gasteiger partial charge in [-0.05, 0) is 31.7 Å². The number of phenols is 1. The quantitative estimate of drug-likeness (QED) is 0.772. The monoisotopic (exact) mass is 253 g/mol. The van der Waals surface area contributed by atoms with Crippen LogP contribution in [0.25, 0.3) is 0 Å². The standard InChI is InChI=1S/C14H20FNO2/c1-9(12-6-5-11(18)7-13(12)15)16-14-4-2-3-10(14)8-17/h5-7,9-10,14,16-18H,2-4,8H2,1H3. The third-order valence-corrected chi connectivity index (χ3v) is 3.81. The minimum absolute atomic E-state index is 0.0578. The molecule has 0 spiro atoms. The van der Waals surface area contributed by atoms with Crippen LogP contribution in [-0.4, -0.2) is 22.9 Å². The minimum Gasteiger partial charge on any atom is -0.508 e. The molecule has 0 aliphatic heterocycles. The molecule has 1 aliphatic carbocycles. The Labute approximate surface area is 107 Å². The molecule has 3 N–H and O–H groups in total. The van der Waals surface area contributed by atoms with E-state index in [0.717, 1.165) is 25.3 Å². The van der Waals surface area contributed by atoms with Crippen molar-refractivity contribution in [3.8, 4) is 5.75 Å². The molecule has 0 radical (unpaired) electrons. The van der Waals surface area contributed by atoms with Gasteiger partial charge in [0.05, 0.1) is 0 Å². The summed E-state index contributed by atoms with van der Waals surface area (Å²) in [6.45, 7) is 2.09. The van der Waals surface area contributed by atoms with Crippen LogP contribution in [0.15, 0.2) is 18.2 Å². The van der Waals surface area contributed by atoms with Crippen molar-refractivity contribution < 1.29 is 14.6 Å². The van der Waals surface area contributed by atoms with Crippen molar-refractivity contribution in [2.75, 3.05) is 6.61 Å². The van der Waals surface area contributed by atoms with E-state index in [-0.39, 0.29) is 30.4 Å². The molecule has 1 aromatic rings. The van der Waals surface area contributed by atoms with E-state index >= 15 is 0 Å². The zero-order valence-electron chi connectivity index (χ0n) is 10.6. The minimum atomic E-state index is -0.395. The van der Waals surface area contributed by atoms with Gasteiger partial charge in [-0.1, -0.05) is 12.5 Å². The van der Waals surface area contributed by atoms with Gasteiger partial charge in [-0.15, -0.1) is 0 Å². The van der Waals surface area contributed by atoms with E-state index < -0.39 is 5.82 Å². The summed E-state index contributed by atoms with van der Waals surface area (Å²) in [6.07, 6.45) is 3.15. The molecule has 0 saturated heterocycles.